The third-order valence-corrected chi connectivity index (χ3v) is 3.45. The van der Waals surface area contributed by atoms with Gasteiger partial charge in [0.05, 0.1) is 6.17 Å². The standard InChI is InChI=1S/C13H23N3/c1-15(2)10-12-8-5-9-13(14)16(12)11-6-3-4-7-11/h5,8-9,11,13H,3-4,6-7,10,14H2,1-2H3. The normalized spacial score (nSPS) is 26.6. The lowest BCUT2D eigenvalue weighted by molar-refractivity contribution is 0.196. The molecule has 1 fully saturated rings. The molecule has 1 aliphatic carbocycles. The van der Waals surface area contributed by atoms with Crippen LogP contribution < -0.4 is 5.73 Å². The van der Waals surface area contributed by atoms with Crippen molar-refractivity contribution in [2.75, 3.05) is 20.6 Å². The summed E-state index contributed by atoms with van der Waals surface area (Å²) >= 11 is 0. The van der Waals surface area contributed by atoms with Gasteiger partial charge < -0.3 is 15.5 Å². The van der Waals surface area contributed by atoms with Crippen molar-refractivity contribution in [3.05, 3.63) is 23.9 Å². The highest BCUT2D eigenvalue weighted by Gasteiger charge is 2.28. The summed E-state index contributed by atoms with van der Waals surface area (Å²) < 4.78 is 0. The van der Waals surface area contributed by atoms with Gasteiger partial charge in [-0.2, -0.15) is 0 Å². The van der Waals surface area contributed by atoms with Gasteiger partial charge in [-0.05, 0) is 39.1 Å². The van der Waals surface area contributed by atoms with Gasteiger partial charge >= 0.3 is 0 Å². The lowest BCUT2D eigenvalue weighted by atomic mass is 10.1. The van der Waals surface area contributed by atoms with Crippen LogP contribution in [-0.2, 0) is 0 Å². The highest BCUT2D eigenvalue weighted by Crippen LogP contribution is 2.29. The molecule has 1 saturated carbocycles. The second-order valence-electron chi connectivity index (χ2n) is 5.12. The molecule has 0 aromatic rings. The predicted molar refractivity (Wildman–Crippen MR) is 67.8 cm³/mol. The molecule has 1 atom stereocenters. The minimum atomic E-state index is 0.0723. The summed E-state index contributed by atoms with van der Waals surface area (Å²) in [7, 11) is 4.22. The number of hydrogen-bond donors (Lipinski definition) is 1. The van der Waals surface area contributed by atoms with Gasteiger partial charge in [0.1, 0.15) is 0 Å². The molecular formula is C13H23N3. The number of hydrogen-bond acceptors (Lipinski definition) is 3. The third kappa shape index (κ3) is 2.47. The molecule has 0 bridgehead atoms. The molecule has 1 unspecified atom stereocenters. The van der Waals surface area contributed by atoms with Crippen LogP contribution in [0.5, 0.6) is 0 Å². The molecule has 3 nitrogen and oxygen atoms in total. The van der Waals surface area contributed by atoms with Gasteiger partial charge in [0.25, 0.3) is 0 Å². The first kappa shape index (κ1) is 11.7. The van der Waals surface area contributed by atoms with Crippen LogP contribution >= 0.6 is 0 Å². The summed E-state index contributed by atoms with van der Waals surface area (Å²) in [5.41, 5.74) is 7.57. The Morgan fingerprint density at radius 3 is 2.69 bits per heavy atom. The Hall–Kier alpha value is -0.800. The number of nitrogens with two attached hydrogens (primary N) is 1. The summed E-state index contributed by atoms with van der Waals surface area (Å²) in [5.74, 6) is 0. The summed E-state index contributed by atoms with van der Waals surface area (Å²) in [4.78, 5) is 4.63. The van der Waals surface area contributed by atoms with E-state index in [1.165, 1.54) is 31.4 Å². The Labute approximate surface area is 98.6 Å². The number of allylic oxidation sites excluding steroid dienone is 2. The maximum Gasteiger partial charge on any atom is 0.0965 e. The van der Waals surface area contributed by atoms with E-state index in [-0.39, 0.29) is 6.17 Å². The summed E-state index contributed by atoms with van der Waals surface area (Å²) in [6, 6.07) is 0.658. The maximum absolute atomic E-state index is 6.20. The molecule has 0 radical (unpaired) electrons. The Morgan fingerprint density at radius 2 is 2.06 bits per heavy atom. The van der Waals surface area contributed by atoms with E-state index in [4.69, 9.17) is 5.73 Å². The highest BCUT2D eigenvalue weighted by atomic mass is 15.3. The third-order valence-electron chi connectivity index (χ3n) is 3.45. The van der Waals surface area contributed by atoms with Gasteiger partial charge in [-0.3, -0.25) is 0 Å². The van der Waals surface area contributed by atoms with Gasteiger partial charge in [-0.1, -0.05) is 18.9 Å². The summed E-state index contributed by atoms with van der Waals surface area (Å²) in [6.45, 7) is 0.981. The molecule has 1 aliphatic heterocycles. The first-order chi connectivity index (χ1) is 7.68. The van der Waals surface area contributed by atoms with Gasteiger partial charge in [0.2, 0.25) is 0 Å². The SMILES string of the molecule is CN(C)CC1=CC=CC(N)N1C1CCCC1. The molecule has 2 aliphatic rings. The molecule has 0 saturated heterocycles. The van der Waals surface area contributed by atoms with Crippen molar-refractivity contribution < 1.29 is 0 Å². The van der Waals surface area contributed by atoms with Crippen LogP contribution in [0.2, 0.25) is 0 Å². The zero-order chi connectivity index (χ0) is 11.5. The summed E-state index contributed by atoms with van der Waals surface area (Å²) in [6.07, 6.45) is 11.8. The minimum absolute atomic E-state index is 0.0723. The molecule has 0 spiro atoms. The second kappa shape index (κ2) is 5.02. The lowest BCUT2D eigenvalue weighted by Gasteiger charge is -2.39. The smallest absolute Gasteiger partial charge is 0.0965 e. The summed E-state index contributed by atoms with van der Waals surface area (Å²) in [5, 5.41) is 0. The van der Waals surface area contributed by atoms with Crippen LogP contribution in [0.3, 0.4) is 0 Å². The van der Waals surface area contributed by atoms with Crippen molar-refractivity contribution >= 4 is 0 Å². The molecule has 90 valence electrons. The Bertz CT molecular complexity index is 288. The first-order valence-electron chi connectivity index (χ1n) is 6.24. The first-order valence-corrected chi connectivity index (χ1v) is 6.24. The Kier molecular flexibility index (Phi) is 3.66. The molecule has 16 heavy (non-hydrogen) atoms. The van der Waals surface area contributed by atoms with Crippen molar-refractivity contribution in [2.24, 2.45) is 5.73 Å². The zero-order valence-corrected chi connectivity index (χ0v) is 10.4. The monoisotopic (exact) mass is 221 g/mol. The number of rotatable bonds is 3. The van der Waals surface area contributed by atoms with Crippen molar-refractivity contribution in [3.63, 3.8) is 0 Å². The number of nitrogens with zero attached hydrogens (tertiary/aromatic N) is 2. The van der Waals surface area contributed by atoms with E-state index in [0.29, 0.717) is 6.04 Å². The minimum Gasteiger partial charge on any atom is -0.352 e. The molecule has 0 aromatic carbocycles. The average molecular weight is 221 g/mol. The fraction of sp³-hybridized carbons (Fsp3) is 0.692. The zero-order valence-electron chi connectivity index (χ0n) is 10.4. The van der Waals surface area contributed by atoms with Crippen LogP contribution in [-0.4, -0.2) is 42.6 Å². The van der Waals surface area contributed by atoms with E-state index in [0.717, 1.165) is 6.54 Å². The van der Waals surface area contributed by atoms with E-state index < -0.39 is 0 Å². The van der Waals surface area contributed by atoms with Crippen LogP contribution in [0.15, 0.2) is 23.9 Å². The highest BCUT2D eigenvalue weighted by molar-refractivity contribution is 5.22. The fourth-order valence-corrected chi connectivity index (χ4v) is 2.77. The molecule has 3 heteroatoms. The molecule has 1 heterocycles. The maximum atomic E-state index is 6.20. The predicted octanol–water partition coefficient (Wildman–Crippen LogP) is 1.53. The molecule has 0 aromatic heterocycles. The molecule has 2 rings (SSSR count). The van der Waals surface area contributed by atoms with Crippen molar-refractivity contribution in [3.8, 4) is 0 Å². The van der Waals surface area contributed by atoms with Gasteiger partial charge in [0.15, 0.2) is 0 Å². The van der Waals surface area contributed by atoms with E-state index in [9.17, 15) is 0 Å². The Balaban J connectivity index is 2.11. The average Bonchev–Trinajstić information content (AvgIpc) is 2.69. The quantitative estimate of drug-likeness (QED) is 0.784. The Morgan fingerprint density at radius 1 is 1.38 bits per heavy atom. The molecule has 0 amide bonds. The van der Waals surface area contributed by atoms with E-state index in [1.807, 2.05) is 0 Å². The molecule has 2 N–H and O–H groups in total. The largest absolute Gasteiger partial charge is 0.352 e. The fourth-order valence-electron chi connectivity index (χ4n) is 2.77. The topological polar surface area (TPSA) is 32.5 Å². The number of likely N-dealkylation sites (N-methyl/N-ethyl adjacent to an activating group) is 1. The van der Waals surface area contributed by atoms with Crippen molar-refractivity contribution in [1.82, 2.24) is 9.80 Å². The second-order valence-corrected chi connectivity index (χ2v) is 5.12. The van der Waals surface area contributed by atoms with Crippen LogP contribution in [0.25, 0.3) is 0 Å². The van der Waals surface area contributed by atoms with Gasteiger partial charge in [-0.25, -0.2) is 0 Å². The van der Waals surface area contributed by atoms with Crippen LogP contribution in [0.4, 0.5) is 0 Å². The van der Waals surface area contributed by atoms with E-state index in [1.54, 1.807) is 0 Å². The van der Waals surface area contributed by atoms with Crippen LogP contribution in [0, 0.1) is 0 Å². The van der Waals surface area contributed by atoms with Crippen molar-refractivity contribution in [1.29, 1.82) is 0 Å². The van der Waals surface area contributed by atoms with Gasteiger partial charge in [-0.15, -0.1) is 0 Å². The van der Waals surface area contributed by atoms with Crippen LogP contribution in [0.1, 0.15) is 25.7 Å². The molecular weight excluding hydrogens is 198 g/mol. The lowest BCUT2D eigenvalue weighted by Crippen LogP contribution is -2.48. The van der Waals surface area contributed by atoms with Crippen molar-refractivity contribution in [2.45, 2.75) is 37.9 Å². The van der Waals surface area contributed by atoms with Gasteiger partial charge in [0, 0.05) is 18.3 Å². The van der Waals surface area contributed by atoms with E-state index >= 15 is 0 Å². The van der Waals surface area contributed by atoms with E-state index in [2.05, 4.69) is 42.1 Å².